The van der Waals surface area contributed by atoms with E-state index in [4.69, 9.17) is 0 Å². The minimum absolute atomic E-state index is 0.752. The summed E-state index contributed by atoms with van der Waals surface area (Å²) in [6, 6.07) is 0. The molecule has 1 unspecified atom stereocenters. The normalized spacial score (nSPS) is 14.9. The molecule has 1 heteroatoms. The average molecular weight is 224 g/mol. The van der Waals surface area contributed by atoms with Gasteiger partial charge in [-0.05, 0) is 13.3 Å². The molecule has 0 N–H and O–H groups in total. The second kappa shape index (κ2) is 5.60. The van der Waals surface area contributed by atoms with E-state index in [-0.39, 0.29) is 0 Å². The van der Waals surface area contributed by atoms with Gasteiger partial charge >= 0.3 is 0 Å². The number of rotatable bonds is 3. The molecule has 0 bridgehead atoms. The summed E-state index contributed by atoms with van der Waals surface area (Å²) in [5.41, 5.74) is 0. The van der Waals surface area contributed by atoms with Crippen LogP contribution < -0.4 is 0 Å². The van der Waals surface area contributed by atoms with Crippen LogP contribution in [0.15, 0.2) is 12.2 Å². The molecular formula is C7H13I. The van der Waals surface area contributed by atoms with Crippen molar-refractivity contribution in [3.63, 3.8) is 0 Å². The largest absolute Gasteiger partial charge is 0.0906 e. The molecule has 0 amide bonds. The van der Waals surface area contributed by atoms with E-state index in [1.165, 1.54) is 12.8 Å². The Hall–Kier alpha value is 0.470. The maximum Gasteiger partial charge on any atom is 0.0289 e. The fourth-order valence-corrected chi connectivity index (χ4v) is 1.62. The van der Waals surface area contributed by atoms with Gasteiger partial charge in [0.05, 0.1) is 0 Å². The van der Waals surface area contributed by atoms with Crippen LogP contribution in [-0.4, -0.2) is 3.92 Å². The van der Waals surface area contributed by atoms with Gasteiger partial charge in [-0.2, -0.15) is 0 Å². The van der Waals surface area contributed by atoms with Crippen LogP contribution in [0.4, 0.5) is 0 Å². The molecule has 0 spiro atoms. The van der Waals surface area contributed by atoms with Crippen LogP contribution in [0.3, 0.4) is 0 Å². The summed E-state index contributed by atoms with van der Waals surface area (Å²) >= 11 is 2.45. The first-order valence-electron chi connectivity index (χ1n) is 3.08. The number of hydrogen-bond donors (Lipinski definition) is 0. The van der Waals surface area contributed by atoms with E-state index < -0.39 is 0 Å². The standard InChI is InChI=1S/C7H13I/c1-3-5-7(8)6-4-2/h3,5,7H,4,6H2,1-2H3/b5-3-. The van der Waals surface area contributed by atoms with Gasteiger partial charge in [0.25, 0.3) is 0 Å². The van der Waals surface area contributed by atoms with Crippen LogP contribution in [0.5, 0.6) is 0 Å². The van der Waals surface area contributed by atoms with E-state index in [1.807, 2.05) is 0 Å². The fraction of sp³-hybridized carbons (Fsp3) is 0.714. The molecule has 8 heavy (non-hydrogen) atoms. The van der Waals surface area contributed by atoms with Gasteiger partial charge in [0.1, 0.15) is 0 Å². The highest BCUT2D eigenvalue weighted by Gasteiger charge is 1.92. The smallest absolute Gasteiger partial charge is 0.0289 e. The Bertz CT molecular complexity index is 66.8. The van der Waals surface area contributed by atoms with Crippen molar-refractivity contribution in [2.45, 2.75) is 30.6 Å². The van der Waals surface area contributed by atoms with Crippen molar-refractivity contribution in [2.75, 3.05) is 0 Å². The lowest BCUT2D eigenvalue weighted by Gasteiger charge is -1.97. The molecule has 0 aliphatic carbocycles. The summed E-state index contributed by atoms with van der Waals surface area (Å²) in [4.78, 5) is 0. The zero-order valence-corrected chi connectivity index (χ0v) is 7.68. The van der Waals surface area contributed by atoms with E-state index in [9.17, 15) is 0 Å². The molecule has 0 aliphatic heterocycles. The summed E-state index contributed by atoms with van der Waals surface area (Å²) in [7, 11) is 0. The summed E-state index contributed by atoms with van der Waals surface area (Å²) in [6.07, 6.45) is 6.96. The van der Waals surface area contributed by atoms with Crippen LogP contribution >= 0.6 is 22.6 Å². The Labute approximate surface area is 65.5 Å². The van der Waals surface area contributed by atoms with Crippen molar-refractivity contribution in [3.8, 4) is 0 Å². The number of halogens is 1. The monoisotopic (exact) mass is 224 g/mol. The van der Waals surface area contributed by atoms with Crippen molar-refractivity contribution in [2.24, 2.45) is 0 Å². The van der Waals surface area contributed by atoms with E-state index >= 15 is 0 Å². The molecule has 0 saturated carbocycles. The molecule has 1 atom stereocenters. The van der Waals surface area contributed by atoms with Gasteiger partial charge in [-0.25, -0.2) is 0 Å². The Morgan fingerprint density at radius 1 is 1.62 bits per heavy atom. The lowest BCUT2D eigenvalue weighted by Crippen LogP contribution is -1.88. The quantitative estimate of drug-likeness (QED) is 0.392. The number of hydrogen-bond acceptors (Lipinski definition) is 0. The predicted octanol–water partition coefficient (Wildman–Crippen LogP) is 3.17. The van der Waals surface area contributed by atoms with Crippen LogP contribution in [0, 0.1) is 0 Å². The van der Waals surface area contributed by atoms with Crippen LogP contribution in [-0.2, 0) is 0 Å². The fourth-order valence-electron chi connectivity index (χ4n) is 0.581. The Balaban J connectivity index is 3.17. The van der Waals surface area contributed by atoms with Crippen molar-refractivity contribution in [3.05, 3.63) is 12.2 Å². The highest BCUT2D eigenvalue weighted by atomic mass is 127. The molecule has 0 aromatic carbocycles. The second-order valence-corrected chi connectivity index (χ2v) is 3.43. The van der Waals surface area contributed by atoms with E-state index in [2.05, 4.69) is 48.6 Å². The van der Waals surface area contributed by atoms with Crippen LogP contribution in [0.2, 0.25) is 0 Å². The third-order valence-corrected chi connectivity index (χ3v) is 2.00. The van der Waals surface area contributed by atoms with Gasteiger partial charge in [-0.3, -0.25) is 0 Å². The molecule has 0 radical (unpaired) electrons. The van der Waals surface area contributed by atoms with Gasteiger partial charge in [-0.1, -0.05) is 48.1 Å². The van der Waals surface area contributed by atoms with Crippen molar-refractivity contribution >= 4 is 22.6 Å². The summed E-state index contributed by atoms with van der Waals surface area (Å²) in [6.45, 7) is 4.29. The minimum Gasteiger partial charge on any atom is -0.0906 e. The zero-order chi connectivity index (χ0) is 6.41. The van der Waals surface area contributed by atoms with Gasteiger partial charge in [-0.15, -0.1) is 0 Å². The highest BCUT2D eigenvalue weighted by Crippen LogP contribution is 2.08. The third kappa shape index (κ3) is 4.62. The first-order chi connectivity index (χ1) is 3.81. The van der Waals surface area contributed by atoms with Crippen LogP contribution in [0.1, 0.15) is 26.7 Å². The topological polar surface area (TPSA) is 0 Å². The highest BCUT2D eigenvalue weighted by molar-refractivity contribution is 14.1. The average Bonchev–Trinajstić information content (AvgIpc) is 1.68. The molecular weight excluding hydrogens is 211 g/mol. The van der Waals surface area contributed by atoms with Gasteiger partial charge in [0.15, 0.2) is 0 Å². The molecule has 0 fully saturated rings. The zero-order valence-electron chi connectivity index (χ0n) is 5.52. The Kier molecular flexibility index (Phi) is 5.93. The van der Waals surface area contributed by atoms with Gasteiger partial charge in [0, 0.05) is 3.92 Å². The first-order valence-corrected chi connectivity index (χ1v) is 4.32. The summed E-state index contributed by atoms with van der Waals surface area (Å²) in [5.74, 6) is 0. The maximum absolute atomic E-state index is 2.45. The van der Waals surface area contributed by atoms with E-state index in [0.717, 1.165) is 3.92 Å². The molecule has 0 rings (SSSR count). The predicted molar refractivity (Wildman–Crippen MR) is 47.5 cm³/mol. The van der Waals surface area contributed by atoms with Crippen LogP contribution in [0.25, 0.3) is 0 Å². The third-order valence-electron chi connectivity index (χ3n) is 0.966. The lowest BCUT2D eigenvalue weighted by atomic mass is 10.2. The summed E-state index contributed by atoms with van der Waals surface area (Å²) < 4.78 is 0.752. The molecule has 0 aromatic heterocycles. The van der Waals surface area contributed by atoms with Crippen molar-refractivity contribution < 1.29 is 0 Å². The molecule has 0 nitrogen and oxygen atoms in total. The van der Waals surface area contributed by atoms with Crippen molar-refractivity contribution in [1.29, 1.82) is 0 Å². The lowest BCUT2D eigenvalue weighted by molar-refractivity contribution is 0.844. The summed E-state index contributed by atoms with van der Waals surface area (Å²) in [5, 5.41) is 0. The molecule has 0 aliphatic rings. The number of allylic oxidation sites excluding steroid dienone is 2. The minimum atomic E-state index is 0.752. The molecule has 48 valence electrons. The Morgan fingerprint density at radius 3 is 2.62 bits per heavy atom. The van der Waals surface area contributed by atoms with E-state index in [0.29, 0.717) is 0 Å². The second-order valence-electron chi connectivity index (χ2n) is 1.83. The molecule has 0 saturated heterocycles. The number of alkyl halides is 1. The molecule has 0 aromatic rings. The molecule has 0 heterocycles. The first kappa shape index (κ1) is 8.47. The van der Waals surface area contributed by atoms with Gasteiger partial charge < -0.3 is 0 Å². The SMILES string of the molecule is C/C=C\C(I)CCC. The van der Waals surface area contributed by atoms with E-state index in [1.54, 1.807) is 0 Å². The van der Waals surface area contributed by atoms with Gasteiger partial charge in [0.2, 0.25) is 0 Å². The van der Waals surface area contributed by atoms with Crippen molar-refractivity contribution in [1.82, 2.24) is 0 Å². The Morgan fingerprint density at radius 2 is 2.25 bits per heavy atom. The maximum atomic E-state index is 2.45.